The molecule has 1 aliphatic rings. The minimum absolute atomic E-state index is 0.125. The number of aliphatic hydroxyl groups is 1. The van der Waals surface area contributed by atoms with Gasteiger partial charge in [0.05, 0.1) is 19.3 Å². The van der Waals surface area contributed by atoms with Gasteiger partial charge in [-0.15, -0.1) is 0 Å². The van der Waals surface area contributed by atoms with E-state index in [0.717, 1.165) is 0 Å². The van der Waals surface area contributed by atoms with E-state index in [0.29, 0.717) is 24.3 Å². The number of carbonyl (C=O) groups is 2. The molecule has 7 nitrogen and oxygen atoms in total. The molecule has 1 rings (SSSR count). The van der Waals surface area contributed by atoms with Gasteiger partial charge in [-0.2, -0.15) is 0 Å². The van der Waals surface area contributed by atoms with E-state index in [1.54, 1.807) is 25.7 Å². The van der Waals surface area contributed by atoms with E-state index in [2.05, 4.69) is 18.5 Å². The van der Waals surface area contributed by atoms with Crippen LogP contribution in [0.3, 0.4) is 0 Å². The molecular weight excluding hydrogens is 324 g/mol. The van der Waals surface area contributed by atoms with Crippen LogP contribution in [-0.2, 0) is 14.3 Å². The third-order valence-corrected chi connectivity index (χ3v) is 3.63. The first-order valence-corrected chi connectivity index (χ1v) is 8.28. The van der Waals surface area contributed by atoms with Crippen molar-refractivity contribution in [1.29, 1.82) is 0 Å². The second-order valence-corrected chi connectivity index (χ2v) is 7.63. The Morgan fingerprint density at radius 1 is 1.28 bits per heavy atom. The van der Waals surface area contributed by atoms with Gasteiger partial charge < -0.3 is 19.9 Å². The largest absolute Gasteiger partial charge is 0.444 e. The molecule has 0 aromatic rings. The molecule has 1 atom stereocenters. The second kappa shape index (κ2) is 8.01. The fraction of sp³-hybridized carbons (Fsp3) is 0.667. The average Bonchev–Trinajstić information content (AvgIpc) is 2.48. The highest BCUT2D eigenvalue weighted by molar-refractivity contribution is 5.84. The number of hydrogen-bond acceptors (Lipinski definition) is 5. The van der Waals surface area contributed by atoms with Gasteiger partial charge in [-0.05, 0) is 45.8 Å². The van der Waals surface area contributed by atoms with Crippen molar-refractivity contribution in [2.45, 2.75) is 51.9 Å². The molecule has 25 heavy (non-hydrogen) atoms. The molecule has 7 heteroatoms. The fourth-order valence-electron chi connectivity index (χ4n) is 2.18. The van der Waals surface area contributed by atoms with Gasteiger partial charge in [0, 0.05) is 13.1 Å². The van der Waals surface area contributed by atoms with Gasteiger partial charge in [-0.1, -0.05) is 13.2 Å². The van der Waals surface area contributed by atoms with E-state index in [1.807, 2.05) is 0 Å². The summed E-state index contributed by atoms with van der Waals surface area (Å²) in [5, 5.41) is 12.3. The van der Waals surface area contributed by atoms with Crippen LogP contribution < -0.4 is 5.32 Å². The predicted octanol–water partition coefficient (Wildman–Crippen LogP) is 1.62. The summed E-state index contributed by atoms with van der Waals surface area (Å²) in [5.74, 6) is -0.509. The van der Waals surface area contributed by atoms with Gasteiger partial charge in [0.15, 0.2) is 0 Å². The summed E-state index contributed by atoms with van der Waals surface area (Å²) in [7, 11) is 0. The quantitative estimate of drug-likeness (QED) is 0.733. The lowest BCUT2D eigenvalue weighted by molar-refractivity contribution is -0.136. The number of carbonyl (C=O) groups excluding carboxylic acids is 2. The normalized spacial score (nSPS) is 18.5. The molecule has 0 aromatic carbocycles. The number of morpholine rings is 1. The van der Waals surface area contributed by atoms with Crippen LogP contribution in [0.2, 0.25) is 0 Å². The van der Waals surface area contributed by atoms with Crippen molar-refractivity contribution >= 4 is 12.0 Å². The van der Waals surface area contributed by atoms with Crippen molar-refractivity contribution in [3.8, 4) is 0 Å². The molecule has 2 N–H and O–H groups in total. The maximum Gasteiger partial charge on any atom is 0.410 e. The molecule has 0 unspecified atom stereocenters. The molecule has 0 bridgehead atoms. The fourth-order valence-corrected chi connectivity index (χ4v) is 2.18. The number of rotatable bonds is 5. The van der Waals surface area contributed by atoms with Crippen LogP contribution in [0.25, 0.3) is 0 Å². The first-order chi connectivity index (χ1) is 11.3. The molecule has 0 spiro atoms. The smallest absolute Gasteiger partial charge is 0.410 e. The standard InChI is InChI=1S/C18H30N2O5/c1-12(10-19-15(21)18(6,7)23)13(2)14-11-24-9-8-20(14)16(22)25-17(3,4)5/h14,23H,1-2,8-11H2,3-7H3,(H,19,21)/t14-/m0/s1. The van der Waals surface area contributed by atoms with Crippen molar-refractivity contribution in [3.05, 3.63) is 24.3 Å². The Kier molecular flexibility index (Phi) is 6.79. The summed E-state index contributed by atoms with van der Waals surface area (Å²) in [6.07, 6.45) is -0.435. The van der Waals surface area contributed by atoms with Gasteiger partial charge in [0.1, 0.15) is 11.2 Å². The molecule has 1 saturated heterocycles. The van der Waals surface area contributed by atoms with Gasteiger partial charge in [0.2, 0.25) is 0 Å². The molecule has 1 heterocycles. The highest BCUT2D eigenvalue weighted by Gasteiger charge is 2.33. The minimum atomic E-state index is -1.47. The van der Waals surface area contributed by atoms with E-state index < -0.39 is 29.2 Å². The summed E-state index contributed by atoms with van der Waals surface area (Å²) in [6, 6.07) is -0.407. The zero-order valence-electron chi connectivity index (χ0n) is 15.8. The lowest BCUT2D eigenvalue weighted by Crippen LogP contribution is -2.51. The Hall–Kier alpha value is -1.86. The van der Waals surface area contributed by atoms with E-state index in [9.17, 15) is 14.7 Å². The van der Waals surface area contributed by atoms with Crippen molar-refractivity contribution in [3.63, 3.8) is 0 Å². The topological polar surface area (TPSA) is 88.1 Å². The van der Waals surface area contributed by atoms with Crippen LogP contribution in [0.4, 0.5) is 4.79 Å². The maximum absolute atomic E-state index is 12.4. The molecule has 0 aromatic heterocycles. The zero-order chi connectivity index (χ0) is 19.4. The van der Waals surface area contributed by atoms with Crippen molar-refractivity contribution < 1.29 is 24.2 Å². The molecule has 142 valence electrons. The highest BCUT2D eigenvalue weighted by atomic mass is 16.6. The van der Waals surface area contributed by atoms with Crippen molar-refractivity contribution in [2.75, 3.05) is 26.3 Å². The minimum Gasteiger partial charge on any atom is -0.444 e. The number of nitrogens with zero attached hydrogens (tertiary/aromatic N) is 1. The number of nitrogens with one attached hydrogen (secondary N) is 1. The first-order valence-electron chi connectivity index (χ1n) is 8.28. The lowest BCUT2D eigenvalue weighted by Gasteiger charge is -2.38. The van der Waals surface area contributed by atoms with Crippen LogP contribution in [-0.4, -0.2) is 65.6 Å². The summed E-state index contributed by atoms with van der Waals surface area (Å²) < 4.78 is 10.9. The third kappa shape index (κ3) is 6.51. The summed E-state index contributed by atoms with van der Waals surface area (Å²) in [4.78, 5) is 25.7. The zero-order valence-corrected chi connectivity index (χ0v) is 15.8. The van der Waals surface area contributed by atoms with Crippen molar-refractivity contribution in [1.82, 2.24) is 10.2 Å². The molecule has 1 fully saturated rings. The van der Waals surface area contributed by atoms with Crippen LogP contribution in [0.1, 0.15) is 34.6 Å². The lowest BCUT2D eigenvalue weighted by atomic mass is 9.99. The van der Waals surface area contributed by atoms with Gasteiger partial charge in [-0.3, -0.25) is 9.69 Å². The van der Waals surface area contributed by atoms with Crippen LogP contribution in [0, 0.1) is 0 Å². The van der Waals surface area contributed by atoms with E-state index in [-0.39, 0.29) is 13.2 Å². The Morgan fingerprint density at radius 2 is 1.88 bits per heavy atom. The van der Waals surface area contributed by atoms with Gasteiger partial charge in [-0.25, -0.2) is 4.79 Å². The number of ether oxygens (including phenoxy) is 2. The van der Waals surface area contributed by atoms with Crippen LogP contribution >= 0.6 is 0 Å². The third-order valence-electron chi connectivity index (χ3n) is 3.63. The SMILES string of the molecule is C=C(CNC(=O)C(C)(C)O)C(=C)[C@@H]1COCCN1C(=O)OC(C)(C)C. The van der Waals surface area contributed by atoms with Crippen LogP contribution in [0.15, 0.2) is 24.3 Å². The monoisotopic (exact) mass is 354 g/mol. The molecular formula is C18H30N2O5. The van der Waals surface area contributed by atoms with E-state index in [1.165, 1.54) is 13.8 Å². The average molecular weight is 354 g/mol. The number of hydrogen-bond donors (Lipinski definition) is 2. The molecule has 0 saturated carbocycles. The summed E-state index contributed by atoms with van der Waals surface area (Å²) >= 11 is 0. The Labute approximate surface area is 149 Å². The molecule has 1 aliphatic heterocycles. The highest BCUT2D eigenvalue weighted by Crippen LogP contribution is 2.22. The molecule has 0 radical (unpaired) electrons. The number of amides is 2. The van der Waals surface area contributed by atoms with Crippen LogP contribution in [0.5, 0.6) is 0 Å². The Bertz CT molecular complexity index is 543. The Balaban J connectivity index is 2.74. The van der Waals surface area contributed by atoms with Gasteiger partial charge in [0.25, 0.3) is 5.91 Å². The first kappa shape index (κ1) is 21.2. The molecule has 0 aliphatic carbocycles. The second-order valence-electron chi connectivity index (χ2n) is 7.63. The van der Waals surface area contributed by atoms with Crippen molar-refractivity contribution in [2.24, 2.45) is 0 Å². The van der Waals surface area contributed by atoms with E-state index in [4.69, 9.17) is 9.47 Å². The summed E-state index contributed by atoms with van der Waals surface area (Å²) in [5.41, 5.74) is -0.930. The van der Waals surface area contributed by atoms with Gasteiger partial charge >= 0.3 is 6.09 Å². The summed E-state index contributed by atoms with van der Waals surface area (Å²) in [6.45, 7) is 17.4. The molecule has 2 amide bonds. The predicted molar refractivity (Wildman–Crippen MR) is 95.1 cm³/mol. The Morgan fingerprint density at radius 3 is 2.40 bits per heavy atom. The van der Waals surface area contributed by atoms with E-state index >= 15 is 0 Å². The maximum atomic E-state index is 12.4.